The fourth-order valence-electron chi connectivity index (χ4n) is 4.59. The summed E-state index contributed by atoms with van der Waals surface area (Å²) < 4.78 is 15.1. The van der Waals surface area contributed by atoms with Gasteiger partial charge in [0, 0.05) is 22.2 Å². The van der Waals surface area contributed by atoms with E-state index in [0.717, 1.165) is 10.8 Å². The molecule has 2 aliphatic carbocycles. The first kappa shape index (κ1) is 27.2. The van der Waals surface area contributed by atoms with Crippen LogP contribution >= 0.6 is 15.9 Å². The molecule has 0 amide bonds. The van der Waals surface area contributed by atoms with Crippen LogP contribution in [-0.4, -0.2) is 35.1 Å². The molecule has 0 radical (unpaired) electrons. The molecular weight excluding hydrogens is 484 g/mol. The summed E-state index contributed by atoms with van der Waals surface area (Å²) in [5.74, 6) is 0.526. The highest BCUT2D eigenvalue weighted by molar-refractivity contribution is 9.11. The minimum Gasteiger partial charge on any atom is -0.413 e. The van der Waals surface area contributed by atoms with E-state index >= 15 is 0 Å². The van der Waals surface area contributed by atoms with Crippen LogP contribution in [0.4, 0.5) is 0 Å². The van der Waals surface area contributed by atoms with E-state index in [9.17, 15) is 4.79 Å². The van der Waals surface area contributed by atoms with E-state index < -0.39 is 16.6 Å². The molecule has 0 saturated heterocycles. The average molecular weight is 530 g/mol. The maximum absolute atomic E-state index is 12.0. The lowest BCUT2D eigenvalue weighted by Gasteiger charge is -2.44. The predicted molar refractivity (Wildman–Crippen MR) is 141 cm³/mol. The lowest BCUT2D eigenvalue weighted by molar-refractivity contribution is -0.112. The summed E-state index contributed by atoms with van der Waals surface area (Å²) in [6.07, 6.45) is 5.45. The summed E-state index contributed by atoms with van der Waals surface area (Å²) in [4.78, 5) is 12.0. The monoisotopic (exact) mass is 528 g/mol. The fraction of sp³-hybridized carbons (Fsp3) is 0.800. The van der Waals surface area contributed by atoms with Crippen LogP contribution in [0, 0.1) is 29.6 Å². The molecule has 0 aliphatic heterocycles. The van der Waals surface area contributed by atoms with Gasteiger partial charge in [-0.1, -0.05) is 76.5 Å². The Balaban J connectivity index is 2.56. The highest BCUT2D eigenvalue weighted by atomic mass is 79.9. The number of carbonyl (C=O) groups excluding carboxylic acids is 1. The van der Waals surface area contributed by atoms with Gasteiger partial charge in [-0.3, -0.25) is 0 Å². The number of hydrogen-bond acceptors (Lipinski definition) is 3. The van der Waals surface area contributed by atoms with Crippen molar-refractivity contribution in [1.29, 1.82) is 0 Å². The maximum Gasteiger partial charge on any atom is 0.192 e. The molecule has 6 heteroatoms. The lowest BCUT2D eigenvalue weighted by Crippen LogP contribution is -2.48. The molecule has 0 spiro atoms. The summed E-state index contributed by atoms with van der Waals surface area (Å²) >= 11 is 3.72. The number of allylic oxidation sites excluding steroid dienone is 2. The Morgan fingerprint density at radius 1 is 0.968 bits per heavy atom. The van der Waals surface area contributed by atoms with Crippen LogP contribution in [0.15, 0.2) is 23.2 Å². The van der Waals surface area contributed by atoms with E-state index in [1.165, 1.54) is 0 Å². The van der Waals surface area contributed by atoms with Crippen molar-refractivity contribution in [2.45, 2.75) is 96.9 Å². The van der Waals surface area contributed by atoms with E-state index in [-0.39, 0.29) is 51.9 Å². The third kappa shape index (κ3) is 5.08. The van der Waals surface area contributed by atoms with Crippen LogP contribution in [0.25, 0.3) is 0 Å². The maximum atomic E-state index is 12.0. The zero-order valence-electron chi connectivity index (χ0n) is 21.6. The van der Waals surface area contributed by atoms with Crippen molar-refractivity contribution < 1.29 is 13.6 Å². The van der Waals surface area contributed by atoms with Gasteiger partial charge in [0.1, 0.15) is 6.29 Å². The van der Waals surface area contributed by atoms with Crippen molar-refractivity contribution in [2.75, 3.05) is 0 Å². The van der Waals surface area contributed by atoms with Crippen LogP contribution < -0.4 is 0 Å². The topological polar surface area (TPSA) is 35.5 Å². The van der Waals surface area contributed by atoms with E-state index in [0.29, 0.717) is 0 Å². The Hall–Kier alpha value is -0.0162. The minimum absolute atomic E-state index is 0.0482. The average Bonchev–Trinajstić information content (AvgIpc) is 2.83. The molecule has 178 valence electrons. The molecule has 0 aromatic heterocycles. The zero-order chi connectivity index (χ0) is 24.2. The van der Waals surface area contributed by atoms with Gasteiger partial charge in [0.25, 0.3) is 0 Å². The molecular formula is C25H45BrO3Si2. The Bertz CT molecular complexity index is 717. The van der Waals surface area contributed by atoms with Crippen LogP contribution in [-0.2, 0) is 13.6 Å². The quantitative estimate of drug-likeness (QED) is 0.202. The van der Waals surface area contributed by atoms with E-state index in [1.54, 1.807) is 0 Å². The van der Waals surface area contributed by atoms with Crippen molar-refractivity contribution in [3.63, 3.8) is 0 Å². The summed E-state index contributed by atoms with van der Waals surface area (Å²) in [6, 6.07) is 0. The van der Waals surface area contributed by atoms with Crippen molar-refractivity contribution in [2.24, 2.45) is 29.6 Å². The second-order valence-corrected chi connectivity index (χ2v) is 23.2. The first-order valence-corrected chi connectivity index (χ1v) is 18.3. The molecule has 1 fully saturated rings. The summed E-state index contributed by atoms with van der Waals surface area (Å²) in [7, 11) is -3.98. The molecule has 2 aliphatic rings. The van der Waals surface area contributed by atoms with Gasteiger partial charge >= 0.3 is 0 Å². The van der Waals surface area contributed by atoms with Crippen molar-refractivity contribution in [1.82, 2.24) is 0 Å². The standard InChI is InChI=1S/C25H45BrO3Si2/c1-13-17-19(15-27)20(26)14-18-21(17)23(29-31(11,12)25(6,7)8)16(2)22(18)28-30(9,10)24(3,4)5/h13-19,21-23H,1H2,2-12H3/t16-,17-,18-,19-,21+,22-,23+/m0/s1. The van der Waals surface area contributed by atoms with Crippen molar-refractivity contribution in [3.8, 4) is 0 Å². The van der Waals surface area contributed by atoms with Gasteiger partial charge in [0.2, 0.25) is 0 Å². The number of hydrogen-bond donors (Lipinski definition) is 0. The van der Waals surface area contributed by atoms with Gasteiger partial charge in [-0.25, -0.2) is 0 Å². The van der Waals surface area contributed by atoms with Gasteiger partial charge in [-0.2, -0.15) is 0 Å². The van der Waals surface area contributed by atoms with Crippen LogP contribution in [0.1, 0.15) is 48.5 Å². The predicted octanol–water partition coefficient (Wildman–Crippen LogP) is 7.56. The summed E-state index contributed by atoms with van der Waals surface area (Å²) in [5, 5.41) is 0.263. The number of rotatable bonds is 6. The third-order valence-corrected chi connectivity index (χ3v) is 18.4. The molecule has 3 nitrogen and oxygen atoms in total. The van der Waals surface area contributed by atoms with Crippen molar-refractivity contribution in [3.05, 3.63) is 23.2 Å². The Labute approximate surface area is 201 Å². The fourth-order valence-corrected chi connectivity index (χ4v) is 8.12. The summed E-state index contributed by atoms with van der Waals surface area (Å²) in [6.45, 7) is 29.5. The number of fused-ring (bicyclic) bond motifs is 1. The second-order valence-electron chi connectivity index (χ2n) is 12.7. The molecule has 0 aromatic rings. The van der Waals surface area contributed by atoms with Gasteiger partial charge in [0.15, 0.2) is 16.6 Å². The van der Waals surface area contributed by atoms with E-state index in [4.69, 9.17) is 8.85 Å². The van der Waals surface area contributed by atoms with Crippen LogP contribution in [0.2, 0.25) is 36.3 Å². The van der Waals surface area contributed by atoms with Gasteiger partial charge in [-0.05, 0) is 42.2 Å². The Morgan fingerprint density at radius 2 is 1.42 bits per heavy atom. The molecule has 0 aromatic carbocycles. The van der Waals surface area contributed by atoms with Crippen molar-refractivity contribution >= 4 is 38.9 Å². The molecule has 0 heterocycles. The molecule has 7 atom stereocenters. The smallest absolute Gasteiger partial charge is 0.192 e. The Morgan fingerprint density at radius 3 is 1.81 bits per heavy atom. The SMILES string of the molecule is C=C[C@@H]1[C@@H]2[C@H](C=C(Br)[C@H]1C=O)[C@@H](O[Si](C)(C)C(C)(C)C)[C@H](C)[C@H]2O[Si](C)(C)C(C)(C)C. The number of aldehydes is 1. The summed E-state index contributed by atoms with van der Waals surface area (Å²) in [5.41, 5.74) is 0. The van der Waals surface area contributed by atoms with Gasteiger partial charge in [0.05, 0.1) is 18.1 Å². The normalized spacial score (nSPS) is 34.8. The molecule has 2 rings (SSSR count). The molecule has 0 N–H and O–H groups in total. The minimum atomic E-state index is -2.00. The molecule has 0 unspecified atom stereocenters. The van der Waals surface area contributed by atoms with E-state index in [2.05, 4.69) is 103 Å². The lowest BCUT2D eigenvalue weighted by atomic mass is 9.71. The van der Waals surface area contributed by atoms with Gasteiger partial charge < -0.3 is 13.6 Å². The van der Waals surface area contributed by atoms with Gasteiger partial charge in [-0.15, -0.1) is 6.58 Å². The first-order chi connectivity index (χ1) is 13.9. The first-order valence-electron chi connectivity index (χ1n) is 11.7. The molecule has 31 heavy (non-hydrogen) atoms. The highest BCUT2D eigenvalue weighted by Gasteiger charge is 2.58. The van der Waals surface area contributed by atoms with Crippen LogP contribution in [0.5, 0.6) is 0 Å². The highest BCUT2D eigenvalue weighted by Crippen LogP contribution is 2.55. The number of carbonyl (C=O) groups is 1. The largest absolute Gasteiger partial charge is 0.413 e. The van der Waals surface area contributed by atoms with E-state index in [1.807, 2.05) is 6.08 Å². The molecule has 1 saturated carbocycles. The Kier molecular flexibility index (Phi) is 7.88. The second kappa shape index (κ2) is 8.97. The zero-order valence-corrected chi connectivity index (χ0v) is 25.2. The number of halogens is 1. The van der Waals surface area contributed by atoms with Crippen LogP contribution in [0.3, 0.4) is 0 Å². The molecule has 0 bridgehead atoms. The third-order valence-electron chi connectivity index (χ3n) is 8.66.